The van der Waals surface area contributed by atoms with E-state index >= 15 is 0 Å². The van der Waals surface area contributed by atoms with Crippen LogP contribution in [0.4, 0.5) is 4.79 Å². The molecule has 0 N–H and O–H groups in total. The Morgan fingerprint density at radius 2 is 1.59 bits per heavy atom. The second-order valence-electron chi connectivity index (χ2n) is 9.21. The van der Waals surface area contributed by atoms with E-state index in [2.05, 4.69) is 62.6 Å². The SMILES string of the molecule is Cc1cc(/C=C2/SC(=O)N(Cc3ccccc3)C2=O)c(C)n1-c1ccc(C(C)(C)C)cc1. The van der Waals surface area contributed by atoms with Gasteiger partial charge in [-0.1, -0.05) is 63.2 Å². The molecule has 0 radical (unpaired) electrons. The topological polar surface area (TPSA) is 42.3 Å². The lowest BCUT2D eigenvalue weighted by Gasteiger charge is -2.20. The molecule has 1 aromatic heterocycles. The maximum atomic E-state index is 12.9. The van der Waals surface area contributed by atoms with Crippen molar-refractivity contribution in [1.82, 2.24) is 9.47 Å². The van der Waals surface area contributed by atoms with Crippen molar-refractivity contribution in [3.8, 4) is 5.69 Å². The molecule has 2 heterocycles. The van der Waals surface area contributed by atoms with Crippen molar-refractivity contribution in [3.05, 3.63) is 93.6 Å². The van der Waals surface area contributed by atoms with E-state index in [0.29, 0.717) is 11.4 Å². The van der Waals surface area contributed by atoms with Crippen molar-refractivity contribution in [1.29, 1.82) is 0 Å². The van der Waals surface area contributed by atoms with E-state index in [1.807, 2.05) is 43.3 Å². The van der Waals surface area contributed by atoms with Crippen molar-refractivity contribution >= 4 is 29.0 Å². The van der Waals surface area contributed by atoms with Crippen molar-refractivity contribution in [2.24, 2.45) is 0 Å². The first kappa shape index (κ1) is 22.2. The zero-order valence-electron chi connectivity index (χ0n) is 19.2. The standard InChI is InChI=1S/C27H28N2O2S/c1-18-15-21(19(2)29(18)23-13-11-22(12-14-23)27(3,4)5)16-24-25(30)28(26(31)32-24)17-20-9-7-6-8-10-20/h6-16H,17H2,1-5H3/b24-16+. The van der Waals surface area contributed by atoms with Gasteiger partial charge in [0.2, 0.25) is 0 Å². The molecule has 0 atom stereocenters. The van der Waals surface area contributed by atoms with E-state index in [0.717, 1.165) is 40.0 Å². The van der Waals surface area contributed by atoms with E-state index in [9.17, 15) is 9.59 Å². The van der Waals surface area contributed by atoms with Gasteiger partial charge >= 0.3 is 0 Å². The first-order chi connectivity index (χ1) is 15.1. The molecule has 2 aromatic carbocycles. The van der Waals surface area contributed by atoms with Crippen LogP contribution < -0.4 is 0 Å². The van der Waals surface area contributed by atoms with Crippen LogP contribution in [0, 0.1) is 13.8 Å². The first-order valence-corrected chi connectivity index (χ1v) is 11.6. The molecule has 1 aliphatic rings. The molecule has 4 rings (SSSR count). The average molecular weight is 445 g/mol. The molecule has 5 heteroatoms. The smallest absolute Gasteiger partial charge is 0.293 e. The monoisotopic (exact) mass is 444 g/mol. The van der Waals surface area contributed by atoms with Gasteiger partial charge in [0.25, 0.3) is 11.1 Å². The highest BCUT2D eigenvalue weighted by atomic mass is 32.2. The lowest BCUT2D eigenvalue weighted by Crippen LogP contribution is -2.27. The zero-order valence-corrected chi connectivity index (χ0v) is 20.0. The summed E-state index contributed by atoms with van der Waals surface area (Å²) in [7, 11) is 0. The van der Waals surface area contributed by atoms with Crippen molar-refractivity contribution < 1.29 is 9.59 Å². The van der Waals surface area contributed by atoms with Gasteiger partial charge in [-0.2, -0.15) is 0 Å². The fraction of sp³-hybridized carbons (Fsp3) is 0.259. The summed E-state index contributed by atoms with van der Waals surface area (Å²) >= 11 is 1.01. The molecule has 0 spiro atoms. The predicted octanol–water partition coefficient (Wildman–Crippen LogP) is 6.63. The summed E-state index contributed by atoms with van der Waals surface area (Å²) in [6.45, 7) is 11.0. The van der Waals surface area contributed by atoms with E-state index in [1.165, 1.54) is 10.5 Å². The van der Waals surface area contributed by atoms with Gasteiger partial charge in [0, 0.05) is 17.1 Å². The van der Waals surface area contributed by atoms with Gasteiger partial charge in [0.05, 0.1) is 11.4 Å². The van der Waals surface area contributed by atoms with Gasteiger partial charge < -0.3 is 4.57 Å². The third-order valence-corrected chi connectivity index (χ3v) is 6.71. The Morgan fingerprint density at radius 1 is 0.938 bits per heavy atom. The van der Waals surface area contributed by atoms with E-state index in [1.54, 1.807) is 0 Å². The number of rotatable bonds is 4. The van der Waals surface area contributed by atoms with Crippen LogP contribution in [0.25, 0.3) is 11.8 Å². The number of benzene rings is 2. The van der Waals surface area contributed by atoms with E-state index in [4.69, 9.17) is 0 Å². The number of carbonyl (C=O) groups excluding carboxylic acids is 2. The summed E-state index contributed by atoms with van der Waals surface area (Å²) in [5.74, 6) is -0.233. The van der Waals surface area contributed by atoms with Gasteiger partial charge in [-0.25, -0.2) is 0 Å². The highest BCUT2D eigenvalue weighted by Crippen LogP contribution is 2.35. The molecule has 0 saturated carbocycles. The third kappa shape index (κ3) is 4.30. The fourth-order valence-electron chi connectivity index (χ4n) is 3.99. The van der Waals surface area contributed by atoms with Gasteiger partial charge in [0.15, 0.2) is 0 Å². The maximum absolute atomic E-state index is 12.9. The van der Waals surface area contributed by atoms with Crippen LogP contribution in [-0.4, -0.2) is 20.6 Å². The average Bonchev–Trinajstić information content (AvgIpc) is 3.17. The molecule has 1 aliphatic heterocycles. The highest BCUT2D eigenvalue weighted by molar-refractivity contribution is 8.18. The second-order valence-corrected chi connectivity index (χ2v) is 10.2. The number of hydrogen-bond acceptors (Lipinski definition) is 3. The molecule has 164 valence electrons. The second kappa shape index (κ2) is 8.47. The number of carbonyl (C=O) groups is 2. The Hall–Kier alpha value is -3.05. The summed E-state index contributed by atoms with van der Waals surface area (Å²) < 4.78 is 2.19. The summed E-state index contributed by atoms with van der Waals surface area (Å²) in [5, 5.41) is -0.225. The van der Waals surface area contributed by atoms with Crippen LogP contribution in [0.3, 0.4) is 0 Å². The molecule has 0 unspecified atom stereocenters. The molecular formula is C27H28N2O2S. The number of amides is 2. The summed E-state index contributed by atoms with van der Waals surface area (Å²) in [4.78, 5) is 27.2. The van der Waals surface area contributed by atoms with E-state index in [-0.39, 0.29) is 16.6 Å². The number of nitrogens with zero attached hydrogens (tertiary/aromatic N) is 2. The third-order valence-electron chi connectivity index (χ3n) is 5.81. The molecule has 32 heavy (non-hydrogen) atoms. The summed E-state index contributed by atoms with van der Waals surface area (Å²) in [5.41, 5.74) is 6.50. The van der Waals surface area contributed by atoms with Crippen LogP contribution >= 0.6 is 11.8 Å². The molecule has 2 amide bonds. The van der Waals surface area contributed by atoms with Crippen molar-refractivity contribution in [2.75, 3.05) is 0 Å². The van der Waals surface area contributed by atoms with Gasteiger partial charge in [0.1, 0.15) is 0 Å². The maximum Gasteiger partial charge on any atom is 0.293 e. The van der Waals surface area contributed by atoms with Gasteiger partial charge in [-0.15, -0.1) is 0 Å². The normalized spacial score (nSPS) is 15.8. The Balaban J connectivity index is 1.61. The predicted molar refractivity (Wildman–Crippen MR) is 132 cm³/mol. The van der Waals surface area contributed by atoms with Crippen LogP contribution in [0.2, 0.25) is 0 Å². The lowest BCUT2D eigenvalue weighted by atomic mass is 9.87. The van der Waals surface area contributed by atoms with E-state index < -0.39 is 0 Å². The van der Waals surface area contributed by atoms with Crippen LogP contribution in [0.15, 0.2) is 65.6 Å². The Labute approximate surface area is 193 Å². The van der Waals surface area contributed by atoms with Crippen molar-refractivity contribution in [3.63, 3.8) is 0 Å². The Bertz CT molecular complexity index is 1200. The van der Waals surface area contributed by atoms with Gasteiger partial charge in [-0.3, -0.25) is 14.5 Å². The minimum atomic E-state index is -0.233. The zero-order chi connectivity index (χ0) is 23.0. The van der Waals surface area contributed by atoms with Crippen LogP contribution in [-0.2, 0) is 16.8 Å². The van der Waals surface area contributed by atoms with Crippen molar-refractivity contribution in [2.45, 2.75) is 46.6 Å². The first-order valence-electron chi connectivity index (χ1n) is 10.7. The largest absolute Gasteiger partial charge is 0.318 e. The number of aryl methyl sites for hydroxylation is 1. The molecule has 1 saturated heterocycles. The summed E-state index contributed by atoms with van der Waals surface area (Å²) in [6.07, 6.45) is 1.85. The molecular weight excluding hydrogens is 416 g/mol. The minimum absolute atomic E-state index is 0.104. The highest BCUT2D eigenvalue weighted by Gasteiger charge is 2.35. The minimum Gasteiger partial charge on any atom is -0.318 e. The molecule has 1 fully saturated rings. The molecule has 4 nitrogen and oxygen atoms in total. The van der Waals surface area contributed by atoms with Crippen LogP contribution in [0.5, 0.6) is 0 Å². The Morgan fingerprint density at radius 3 is 2.22 bits per heavy atom. The fourth-order valence-corrected chi connectivity index (χ4v) is 4.81. The number of hydrogen-bond donors (Lipinski definition) is 0. The molecule has 0 aliphatic carbocycles. The number of thioether (sulfide) groups is 1. The number of imide groups is 1. The quantitative estimate of drug-likeness (QED) is 0.424. The summed E-state index contributed by atoms with van der Waals surface area (Å²) in [6, 6.07) is 20.3. The number of aromatic nitrogens is 1. The molecule has 3 aromatic rings. The van der Waals surface area contributed by atoms with Crippen LogP contribution in [0.1, 0.15) is 48.8 Å². The lowest BCUT2D eigenvalue weighted by molar-refractivity contribution is -0.123. The van der Waals surface area contributed by atoms with Gasteiger partial charge in [-0.05, 0) is 72.0 Å². The molecule has 0 bridgehead atoms. The Kier molecular flexibility index (Phi) is 5.87.